The molecule has 0 radical (unpaired) electrons. The van der Waals surface area contributed by atoms with Crippen molar-refractivity contribution in [2.45, 2.75) is 42.9 Å². The molecule has 2 aromatic heterocycles. The maximum absolute atomic E-state index is 13.8. The summed E-state index contributed by atoms with van der Waals surface area (Å²) in [5, 5.41) is 32.5. The number of aliphatic hydroxyl groups is 2. The monoisotopic (exact) mass is 812 g/mol. The SMILES string of the molecule is CC1(C)c2cc3c(cc2-c2c1c1c4ccccc4n(C4C=CC=CC4)c1c1c4ccccc4n(-c4ccccc4)c21)C(O)(c1ccccc1)c1ccccc1C3(O)c1ccccc1. The third kappa shape index (κ3) is 4.61. The molecule has 0 saturated carbocycles. The standard InChI is InChI=1S/C59H44N2O2/c1-57(2)46-36-48-47(58(62,37-21-7-3-8-22-37)44-31-17-18-32-45(44)59(48,63)38-23-9-4-10-24-38)35-43(46)52-54(57)51-41-29-15-19-33-49(41)60(39-25-11-5-12-26-39)55(51)53-42-30-16-20-34-50(42)61(56(52)53)40-27-13-6-14-28-40/h3-25,27-36,39,62-63H,26H2,1-2H3. The smallest absolute Gasteiger partial charge is 0.141 e. The number of fused-ring (bicyclic) bond motifs is 14. The second kappa shape index (κ2) is 12.9. The van der Waals surface area contributed by atoms with Crippen LogP contribution in [0.1, 0.15) is 70.8 Å². The van der Waals surface area contributed by atoms with Crippen LogP contribution in [0.3, 0.4) is 0 Å². The van der Waals surface area contributed by atoms with Gasteiger partial charge in [-0.25, -0.2) is 0 Å². The summed E-state index contributed by atoms with van der Waals surface area (Å²) in [6, 6.07) is 61.1. The molecule has 13 rings (SSSR count). The lowest BCUT2D eigenvalue weighted by Crippen LogP contribution is -2.44. The summed E-state index contributed by atoms with van der Waals surface area (Å²) in [6.45, 7) is 4.73. The number of para-hydroxylation sites is 3. The van der Waals surface area contributed by atoms with E-state index in [0.29, 0.717) is 22.3 Å². The summed E-state index contributed by atoms with van der Waals surface area (Å²) in [6.07, 6.45) is 9.88. The zero-order valence-corrected chi connectivity index (χ0v) is 35.1. The van der Waals surface area contributed by atoms with Crippen LogP contribution in [0.2, 0.25) is 0 Å². The molecule has 302 valence electrons. The largest absolute Gasteiger partial charge is 0.376 e. The van der Waals surface area contributed by atoms with Gasteiger partial charge in [0.05, 0.1) is 22.6 Å². The van der Waals surface area contributed by atoms with Crippen LogP contribution in [0, 0.1) is 0 Å². The molecule has 0 amide bonds. The fourth-order valence-electron chi connectivity index (χ4n) is 12.0. The molecule has 63 heavy (non-hydrogen) atoms. The number of nitrogens with zero attached hydrogens (tertiary/aromatic N) is 2. The van der Waals surface area contributed by atoms with E-state index in [4.69, 9.17) is 0 Å². The molecular formula is C59H44N2O2. The number of rotatable bonds is 4. The maximum atomic E-state index is 13.8. The maximum Gasteiger partial charge on any atom is 0.141 e. The van der Waals surface area contributed by atoms with E-state index in [2.05, 4.69) is 138 Å². The molecule has 10 aromatic rings. The van der Waals surface area contributed by atoms with E-state index in [1.807, 2.05) is 84.9 Å². The Hall–Kier alpha value is -7.24. The summed E-state index contributed by atoms with van der Waals surface area (Å²) in [5.74, 6) is 0. The lowest BCUT2D eigenvalue weighted by atomic mass is 9.62. The van der Waals surface area contributed by atoms with Crippen molar-refractivity contribution in [3.8, 4) is 16.8 Å². The molecule has 3 aliphatic rings. The van der Waals surface area contributed by atoms with E-state index in [9.17, 15) is 10.2 Å². The Bertz CT molecular complexity index is 3590. The van der Waals surface area contributed by atoms with Gasteiger partial charge in [-0.1, -0.05) is 184 Å². The third-order valence-electron chi connectivity index (χ3n) is 14.7. The minimum Gasteiger partial charge on any atom is -0.376 e. The lowest BCUT2D eigenvalue weighted by molar-refractivity contribution is 0.0747. The molecule has 0 saturated heterocycles. The Labute approximate surface area is 365 Å². The van der Waals surface area contributed by atoms with Crippen LogP contribution in [0.4, 0.5) is 0 Å². The van der Waals surface area contributed by atoms with Gasteiger partial charge >= 0.3 is 0 Å². The first-order valence-corrected chi connectivity index (χ1v) is 22.1. The Morgan fingerprint density at radius 2 is 1.05 bits per heavy atom. The zero-order valence-electron chi connectivity index (χ0n) is 35.1. The number of hydrogen-bond acceptors (Lipinski definition) is 2. The first-order chi connectivity index (χ1) is 30.8. The number of aromatic nitrogens is 2. The van der Waals surface area contributed by atoms with Crippen LogP contribution in [0.25, 0.3) is 60.4 Å². The normalized spacial score (nSPS) is 20.6. The van der Waals surface area contributed by atoms with Crippen molar-refractivity contribution < 1.29 is 10.2 Å². The van der Waals surface area contributed by atoms with Gasteiger partial charge in [-0.3, -0.25) is 0 Å². The molecule has 0 spiro atoms. The van der Waals surface area contributed by atoms with E-state index < -0.39 is 16.6 Å². The van der Waals surface area contributed by atoms with Gasteiger partial charge in [0.1, 0.15) is 11.2 Å². The third-order valence-corrected chi connectivity index (χ3v) is 14.7. The molecule has 2 heterocycles. The Morgan fingerprint density at radius 3 is 1.67 bits per heavy atom. The van der Waals surface area contributed by atoms with Gasteiger partial charge in [-0.2, -0.15) is 0 Å². The molecule has 2 N–H and O–H groups in total. The molecule has 3 aliphatic carbocycles. The van der Waals surface area contributed by atoms with Crippen molar-refractivity contribution in [1.29, 1.82) is 0 Å². The van der Waals surface area contributed by atoms with E-state index in [1.165, 1.54) is 43.7 Å². The van der Waals surface area contributed by atoms with Gasteiger partial charge in [0, 0.05) is 49.3 Å². The first-order valence-electron chi connectivity index (χ1n) is 22.1. The number of hydrogen-bond donors (Lipinski definition) is 2. The van der Waals surface area contributed by atoms with Gasteiger partial charge in [0.15, 0.2) is 0 Å². The fraction of sp³-hybridized carbons (Fsp3) is 0.119. The summed E-state index contributed by atoms with van der Waals surface area (Å²) in [5.41, 5.74) is 11.0. The summed E-state index contributed by atoms with van der Waals surface area (Å²) in [4.78, 5) is 0. The van der Waals surface area contributed by atoms with Crippen molar-refractivity contribution in [1.82, 2.24) is 9.13 Å². The predicted molar refractivity (Wildman–Crippen MR) is 257 cm³/mol. The molecule has 4 nitrogen and oxygen atoms in total. The van der Waals surface area contributed by atoms with Gasteiger partial charge in [-0.15, -0.1) is 0 Å². The van der Waals surface area contributed by atoms with Gasteiger partial charge in [0.2, 0.25) is 0 Å². The van der Waals surface area contributed by atoms with Gasteiger partial charge < -0.3 is 19.3 Å². The molecule has 4 heteroatoms. The summed E-state index contributed by atoms with van der Waals surface area (Å²) < 4.78 is 5.09. The van der Waals surface area contributed by atoms with Gasteiger partial charge in [-0.05, 0) is 81.3 Å². The second-order valence-corrected chi connectivity index (χ2v) is 18.2. The van der Waals surface area contributed by atoms with Gasteiger partial charge in [0.25, 0.3) is 0 Å². The molecule has 3 atom stereocenters. The van der Waals surface area contributed by atoms with Crippen molar-refractivity contribution in [2.75, 3.05) is 0 Å². The molecular weight excluding hydrogens is 769 g/mol. The average molecular weight is 813 g/mol. The summed E-state index contributed by atoms with van der Waals surface area (Å²) in [7, 11) is 0. The highest BCUT2D eigenvalue weighted by molar-refractivity contribution is 6.31. The highest BCUT2D eigenvalue weighted by Crippen LogP contribution is 2.62. The van der Waals surface area contributed by atoms with E-state index in [-0.39, 0.29) is 6.04 Å². The lowest BCUT2D eigenvalue weighted by Gasteiger charge is -2.45. The Morgan fingerprint density at radius 1 is 0.508 bits per heavy atom. The highest BCUT2D eigenvalue weighted by Gasteiger charge is 2.53. The molecule has 0 aliphatic heterocycles. The summed E-state index contributed by atoms with van der Waals surface area (Å²) >= 11 is 0. The van der Waals surface area contributed by atoms with Crippen LogP contribution in [0.15, 0.2) is 200 Å². The van der Waals surface area contributed by atoms with E-state index in [0.717, 1.165) is 45.4 Å². The molecule has 8 aromatic carbocycles. The Balaban J connectivity index is 1.27. The Kier molecular flexibility index (Phi) is 7.46. The van der Waals surface area contributed by atoms with E-state index in [1.54, 1.807) is 0 Å². The topological polar surface area (TPSA) is 50.3 Å². The van der Waals surface area contributed by atoms with Crippen molar-refractivity contribution in [3.05, 3.63) is 245 Å². The first kappa shape index (κ1) is 36.4. The van der Waals surface area contributed by atoms with E-state index >= 15 is 0 Å². The molecule has 0 fully saturated rings. The van der Waals surface area contributed by atoms with Crippen molar-refractivity contribution in [2.24, 2.45) is 0 Å². The fourth-order valence-corrected chi connectivity index (χ4v) is 12.0. The number of allylic oxidation sites excluding steroid dienone is 4. The van der Waals surface area contributed by atoms with Crippen LogP contribution >= 0.6 is 0 Å². The molecule has 3 unspecified atom stereocenters. The van der Waals surface area contributed by atoms with Crippen molar-refractivity contribution >= 4 is 43.6 Å². The number of benzene rings is 8. The van der Waals surface area contributed by atoms with Crippen molar-refractivity contribution in [3.63, 3.8) is 0 Å². The predicted octanol–water partition coefficient (Wildman–Crippen LogP) is 13.1. The molecule has 0 bridgehead atoms. The second-order valence-electron chi connectivity index (χ2n) is 18.2. The average Bonchev–Trinajstić information content (AvgIpc) is 3.94. The van der Waals surface area contributed by atoms with Crippen LogP contribution in [-0.2, 0) is 16.6 Å². The minimum atomic E-state index is -1.58. The highest BCUT2D eigenvalue weighted by atomic mass is 16.3. The zero-order chi connectivity index (χ0) is 42.2. The quantitative estimate of drug-likeness (QED) is 0.186. The minimum absolute atomic E-state index is 0.122. The van der Waals surface area contributed by atoms with Crippen LogP contribution in [-0.4, -0.2) is 19.3 Å². The van der Waals surface area contributed by atoms with Crippen LogP contribution in [0.5, 0.6) is 0 Å². The van der Waals surface area contributed by atoms with Crippen LogP contribution < -0.4 is 0 Å².